The predicted molar refractivity (Wildman–Crippen MR) is 131 cm³/mol. The number of benzene rings is 2. The third-order valence-electron chi connectivity index (χ3n) is 6.04. The Hall–Kier alpha value is -2.86. The van der Waals surface area contributed by atoms with E-state index in [2.05, 4.69) is 27.3 Å². The standard InChI is InChI=1S/C25H29N3O2S/c1-17-12-13-18-15-19(24(29)26-22(18)14-17)16-28(20-8-4-3-5-9-20)25(31)27-21-10-6-7-11-23(21)30-2/h6-7,10-15,20H,3-5,8-9,16H2,1-2H3,(H,26,29)(H,27,31). The van der Waals surface area contributed by atoms with Crippen LogP contribution in [0.4, 0.5) is 5.69 Å². The van der Waals surface area contributed by atoms with Crippen molar-refractivity contribution in [3.63, 3.8) is 0 Å². The summed E-state index contributed by atoms with van der Waals surface area (Å²) in [6.07, 6.45) is 5.79. The topological polar surface area (TPSA) is 57.4 Å². The van der Waals surface area contributed by atoms with E-state index >= 15 is 0 Å². The van der Waals surface area contributed by atoms with Crippen molar-refractivity contribution >= 4 is 33.9 Å². The number of thiocarbonyl (C=S) groups is 1. The van der Waals surface area contributed by atoms with Gasteiger partial charge in [-0.05, 0) is 67.2 Å². The molecular weight excluding hydrogens is 406 g/mol. The summed E-state index contributed by atoms with van der Waals surface area (Å²) >= 11 is 5.85. The number of hydrogen-bond donors (Lipinski definition) is 2. The number of hydrogen-bond acceptors (Lipinski definition) is 3. The molecule has 1 aromatic heterocycles. The van der Waals surface area contributed by atoms with Crippen molar-refractivity contribution in [2.24, 2.45) is 0 Å². The van der Waals surface area contributed by atoms with Crippen molar-refractivity contribution in [1.82, 2.24) is 9.88 Å². The maximum Gasteiger partial charge on any atom is 0.253 e. The normalized spacial score (nSPS) is 14.4. The highest BCUT2D eigenvalue weighted by molar-refractivity contribution is 7.80. The molecule has 0 radical (unpaired) electrons. The van der Waals surface area contributed by atoms with Gasteiger partial charge in [0.05, 0.1) is 19.3 Å². The minimum atomic E-state index is -0.0565. The lowest BCUT2D eigenvalue weighted by Crippen LogP contribution is -2.44. The minimum Gasteiger partial charge on any atom is -0.495 e. The number of H-pyrrole nitrogens is 1. The highest BCUT2D eigenvalue weighted by Crippen LogP contribution is 2.27. The molecule has 0 spiro atoms. The van der Waals surface area contributed by atoms with E-state index in [0.29, 0.717) is 17.7 Å². The summed E-state index contributed by atoms with van der Waals surface area (Å²) in [7, 11) is 1.65. The SMILES string of the molecule is COc1ccccc1NC(=S)N(Cc1cc2ccc(C)cc2[nH]c1=O)C1CCCCC1. The highest BCUT2D eigenvalue weighted by atomic mass is 32.1. The smallest absolute Gasteiger partial charge is 0.253 e. The number of anilines is 1. The molecule has 0 bridgehead atoms. The Labute approximate surface area is 188 Å². The first-order chi connectivity index (χ1) is 15.0. The van der Waals surface area contributed by atoms with Crippen molar-refractivity contribution < 1.29 is 4.74 Å². The van der Waals surface area contributed by atoms with E-state index in [1.807, 2.05) is 43.3 Å². The molecule has 31 heavy (non-hydrogen) atoms. The molecule has 5 nitrogen and oxygen atoms in total. The molecule has 3 aromatic rings. The van der Waals surface area contributed by atoms with Crippen LogP contribution in [-0.4, -0.2) is 28.1 Å². The second kappa shape index (κ2) is 9.52. The van der Waals surface area contributed by atoms with Crippen molar-refractivity contribution in [1.29, 1.82) is 0 Å². The molecule has 0 saturated heterocycles. The molecule has 1 heterocycles. The van der Waals surface area contributed by atoms with Gasteiger partial charge in [-0.25, -0.2) is 0 Å². The fraction of sp³-hybridized carbons (Fsp3) is 0.360. The van der Waals surface area contributed by atoms with Gasteiger partial charge in [0.25, 0.3) is 5.56 Å². The van der Waals surface area contributed by atoms with E-state index in [1.54, 1.807) is 7.11 Å². The number of nitrogens with zero attached hydrogens (tertiary/aromatic N) is 1. The highest BCUT2D eigenvalue weighted by Gasteiger charge is 2.25. The third kappa shape index (κ3) is 4.90. The molecule has 0 unspecified atom stereocenters. The molecule has 4 rings (SSSR count). The van der Waals surface area contributed by atoms with Crippen molar-refractivity contribution in [3.8, 4) is 5.75 Å². The summed E-state index contributed by atoms with van der Waals surface area (Å²) in [5, 5.41) is 5.02. The van der Waals surface area contributed by atoms with E-state index in [1.165, 1.54) is 19.3 Å². The molecular formula is C25H29N3O2S. The monoisotopic (exact) mass is 435 g/mol. The predicted octanol–water partition coefficient (Wildman–Crippen LogP) is 5.38. The van der Waals surface area contributed by atoms with E-state index in [0.717, 1.165) is 46.3 Å². The van der Waals surface area contributed by atoms with Gasteiger partial charge in [0.2, 0.25) is 0 Å². The average molecular weight is 436 g/mol. The number of aryl methyl sites for hydroxylation is 1. The molecule has 162 valence electrons. The van der Waals surface area contributed by atoms with Crippen molar-refractivity contribution in [2.75, 3.05) is 12.4 Å². The Morgan fingerprint density at radius 3 is 2.71 bits per heavy atom. The van der Waals surface area contributed by atoms with Crippen LogP contribution in [0.25, 0.3) is 10.9 Å². The molecule has 2 aromatic carbocycles. The number of para-hydroxylation sites is 2. The zero-order chi connectivity index (χ0) is 21.8. The first kappa shape index (κ1) is 21.4. The summed E-state index contributed by atoms with van der Waals surface area (Å²) in [5.41, 5.74) is 3.50. The Morgan fingerprint density at radius 1 is 1.16 bits per heavy atom. The first-order valence-corrected chi connectivity index (χ1v) is 11.3. The molecule has 1 aliphatic carbocycles. The maximum absolute atomic E-state index is 12.9. The van der Waals surface area contributed by atoms with Crippen molar-refractivity contribution in [2.45, 2.75) is 51.6 Å². The Kier molecular flexibility index (Phi) is 6.56. The average Bonchev–Trinajstić information content (AvgIpc) is 2.78. The van der Waals surface area contributed by atoms with Crippen LogP contribution in [0, 0.1) is 6.92 Å². The lowest BCUT2D eigenvalue weighted by molar-refractivity contribution is 0.240. The number of methoxy groups -OCH3 is 1. The second-order valence-electron chi connectivity index (χ2n) is 8.26. The van der Waals surface area contributed by atoms with Gasteiger partial charge in [0.1, 0.15) is 5.75 Å². The number of nitrogens with one attached hydrogen (secondary N) is 2. The zero-order valence-corrected chi connectivity index (χ0v) is 18.9. The lowest BCUT2D eigenvalue weighted by atomic mass is 9.94. The van der Waals surface area contributed by atoms with Crippen LogP contribution in [-0.2, 0) is 6.54 Å². The van der Waals surface area contributed by atoms with Gasteiger partial charge in [-0.15, -0.1) is 0 Å². The molecule has 1 saturated carbocycles. The van der Waals surface area contributed by atoms with Crippen LogP contribution in [0.2, 0.25) is 0 Å². The molecule has 2 N–H and O–H groups in total. The van der Waals surface area contributed by atoms with Gasteiger partial charge < -0.3 is 19.9 Å². The van der Waals surface area contributed by atoms with Gasteiger partial charge in [0, 0.05) is 17.1 Å². The second-order valence-corrected chi connectivity index (χ2v) is 8.65. The third-order valence-corrected chi connectivity index (χ3v) is 6.38. The number of fused-ring (bicyclic) bond motifs is 1. The minimum absolute atomic E-state index is 0.0565. The molecule has 6 heteroatoms. The van der Waals surface area contributed by atoms with Gasteiger partial charge in [-0.2, -0.15) is 0 Å². The lowest BCUT2D eigenvalue weighted by Gasteiger charge is -2.36. The van der Waals surface area contributed by atoms with E-state index < -0.39 is 0 Å². The number of rotatable bonds is 5. The molecule has 0 atom stereocenters. The van der Waals surface area contributed by atoms with Gasteiger partial charge in [0.15, 0.2) is 5.11 Å². The fourth-order valence-corrected chi connectivity index (χ4v) is 4.68. The van der Waals surface area contributed by atoms with Crippen LogP contribution < -0.4 is 15.6 Å². The Morgan fingerprint density at radius 2 is 1.94 bits per heavy atom. The number of pyridine rings is 1. The Bertz CT molecular complexity index is 1140. The summed E-state index contributed by atoms with van der Waals surface area (Å²) in [5.74, 6) is 0.743. The number of aromatic amines is 1. The number of ether oxygens (including phenoxy) is 1. The van der Waals surface area contributed by atoms with Gasteiger partial charge in [-0.1, -0.05) is 43.5 Å². The van der Waals surface area contributed by atoms with Crippen LogP contribution in [0.1, 0.15) is 43.2 Å². The van der Waals surface area contributed by atoms with E-state index in [-0.39, 0.29) is 5.56 Å². The van der Waals surface area contributed by atoms with Crippen LogP contribution in [0.5, 0.6) is 5.75 Å². The fourth-order valence-electron chi connectivity index (χ4n) is 4.36. The van der Waals surface area contributed by atoms with Crippen LogP contribution >= 0.6 is 12.2 Å². The molecule has 0 aliphatic heterocycles. The van der Waals surface area contributed by atoms with E-state index in [4.69, 9.17) is 17.0 Å². The largest absolute Gasteiger partial charge is 0.495 e. The summed E-state index contributed by atoms with van der Waals surface area (Å²) < 4.78 is 5.47. The molecule has 0 amide bonds. The zero-order valence-electron chi connectivity index (χ0n) is 18.1. The number of aromatic nitrogens is 1. The maximum atomic E-state index is 12.9. The Balaban J connectivity index is 1.64. The summed E-state index contributed by atoms with van der Waals surface area (Å²) in [6.45, 7) is 2.50. The summed E-state index contributed by atoms with van der Waals surface area (Å²) in [6, 6.07) is 16.2. The molecule has 1 fully saturated rings. The summed E-state index contributed by atoms with van der Waals surface area (Å²) in [4.78, 5) is 18.1. The molecule has 1 aliphatic rings. The van der Waals surface area contributed by atoms with Crippen LogP contribution in [0.15, 0.2) is 53.3 Å². The van der Waals surface area contributed by atoms with Gasteiger partial charge in [-0.3, -0.25) is 4.79 Å². The van der Waals surface area contributed by atoms with Crippen LogP contribution in [0.3, 0.4) is 0 Å². The first-order valence-electron chi connectivity index (χ1n) is 10.9. The van der Waals surface area contributed by atoms with E-state index in [9.17, 15) is 4.79 Å². The quantitative estimate of drug-likeness (QED) is 0.527. The van der Waals surface area contributed by atoms with Gasteiger partial charge >= 0.3 is 0 Å². The van der Waals surface area contributed by atoms with Crippen molar-refractivity contribution in [3.05, 3.63) is 70.0 Å².